The molecule has 0 unspecified atom stereocenters. The molecular formula is C10H12O4. The molecule has 0 bridgehead atoms. The van der Waals surface area contributed by atoms with Crippen LogP contribution in [0.4, 0.5) is 0 Å². The first-order valence-corrected chi connectivity index (χ1v) is 4.26. The molecule has 76 valence electrons. The van der Waals surface area contributed by atoms with Gasteiger partial charge in [0.2, 0.25) is 0 Å². The van der Waals surface area contributed by atoms with E-state index in [-0.39, 0.29) is 22.6 Å². The Morgan fingerprint density at radius 1 is 1.43 bits per heavy atom. The number of carboxylic acid groups (broad SMARTS) is 1. The van der Waals surface area contributed by atoms with E-state index in [0.717, 1.165) is 0 Å². The Morgan fingerprint density at radius 2 is 2.00 bits per heavy atom. The average Bonchev–Trinajstić information content (AvgIpc) is 2.02. The number of aryl methyl sites for hydroxylation is 1. The Bertz CT molecular complexity index is 382. The van der Waals surface area contributed by atoms with Crippen LogP contribution in [0.5, 0.6) is 11.5 Å². The Kier molecular flexibility index (Phi) is 2.65. The number of phenolic OH excluding ortho intramolecular Hbond substituents is 1. The van der Waals surface area contributed by atoms with Crippen molar-refractivity contribution in [3.63, 3.8) is 0 Å². The molecule has 4 heteroatoms. The van der Waals surface area contributed by atoms with Crippen molar-refractivity contribution in [2.75, 3.05) is 0 Å². The molecule has 1 aromatic rings. The smallest absolute Gasteiger partial charge is 0.339 e. The zero-order valence-corrected chi connectivity index (χ0v) is 8.03. The number of carbonyl (C=O) groups is 1. The van der Waals surface area contributed by atoms with E-state index in [1.54, 1.807) is 6.92 Å². The zero-order valence-electron chi connectivity index (χ0n) is 8.03. The highest BCUT2D eigenvalue weighted by atomic mass is 16.4. The van der Waals surface area contributed by atoms with Gasteiger partial charge in [-0.25, -0.2) is 4.79 Å². The maximum absolute atomic E-state index is 10.8. The third-order valence-corrected chi connectivity index (χ3v) is 2.15. The van der Waals surface area contributed by atoms with Gasteiger partial charge in [-0.2, -0.15) is 0 Å². The lowest BCUT2D eigenvalue weighted by Crippen LogP contribution is -2.02. The summed E-state index contributed by atoms with van der Waals surface area (Å²) in [6.07, 6.45) is 0.387. The first kappa shape index (κ1) is 10.4. The molecule has 0 saturated carbocycles. The SMILES string of the molecule is CCc1c(O)cc(C)c(C(=O)O)c1O. The van der Waals surface area contributed by atoms with Crippen LogP contribution in [0.3, 0.4) is 0 Å². The second-order valence-corrected chi connectivity index (χ2v) is 3.07. The lowest BCUT2D eigenvalue weighted by Gasteiger charge is -2.10. The standard InChI is InChI=1S/C10H12O4/c1-3-6-7(11)4-5(2)8(9(6)12)10(13)14/h4,11-12H,3H2,1-2H3,(H,13,14). The highest BCUT2D eigenvalue weighted by Gasteiger charge is 2.18. The Hall–Kier alpha value is -1.71. The fourth-order valence-corrected chi connectivity index (χ4v) is 1.44. The second kappa shape index (κ2) is 3.57. The summed E-state index contributed by atoms with van der Waals surface area (Å²) in [6.45, 7) is 3.26. The Balaban J connectivity index is 3.52. The van der Waals surface area contributed by atoms with Gasteiger partial charge in [-0.3, -0.25) is 0 Å². The van der Waals surface area contributed by atoms with Crippen molar-refractivity contribution in [1.29, 1.82) is 0 Å². The van der Waals surface area contributed by atoms with Gasteiger partial charge in [-0.15, -0.1) is 0 Å². The molecule has 0 aliphatic heterocycles. The number of carboxylic acids is 1. The third kappa shape index (κ3) is 1.51. The van der Waals surface area contributed by atoms with E-state index in [0.29, 0.717) is 12.0 Å². The monoisotopic (exact) mass is 196 g/mol. The molecule has 0 heterocycles. The Morgan fingerprint density at radius 3 is 2.43 bits per heavy atom. The van der Waals surface area contributed by atoms with Crippen LogP contribution < -0.4 is 0 Å². The first-order valence-electron chi connectivity index (χ1n) is 4.26. The largest absolute Gasteiger partial charge is 0.508 e. The summed E-state index contributed by atoms with van der Waals surface area (Å²) >= 11 is 0. The minimum Gasteiger partial charge on any atom is -0.508 e. The van der Waals surface area contributed by atoms with Crippen molar-refractivity contribution in [3.8, 4) is 11.5 Å². The fraction of sp³-hybridized carbons (Fsp3) is 0.300. The van der Waals surface area contributed by atoms with Crippen LogP contribution in [0.2, 0.25) is 0 Å². The van der Waals surface area contributed by atoms with Gasteiger partial charge in [0.05, 0.1) is 0 Å². The Labute approximate surface area is 81.4 Å². The number of aromatic hydroxyl groups is 2. The van der Waals surface area contributed by atoms with Crippen LogP contribution in [0, 0.1) is 6.92 Å². The maximum Gasteiger partial charge on any atom is 0.339 e. The van der Waals surface area contributed by atoms with Crippen LogP contribution in [0.15, 0.2) is 6.07 Å². The normalized spacial score (nSPS) is 10.1. The van der Waals surface area contributed by atoms with E-state index in [1.165, 1.54) is 13.0 Å². The summed E-state index contributed by atoms with van der Waals surface area (Å²) in [5.74, 6) is -1.58. The molecule has 4 nitrogen and oxygen atoms in total. The lowest BCUT2D eigenvalue weighted by atomic mass is 10.0. The van der Waals surface area contributed by atoms with Gasteiger partial charge in [0.25, 0.3) is 0 Å². The van der Waals surface area contributed by atoms with E-state index in [9.17, 15) is 15.0 Å². The van der Waals surface area contributed by atoms with E-state index >= 15 is 0 Å². The molecule has 0 fully saturated rings. The number of rotatable bonds is 2. The van der Waals surface area contributed by atoms with Crippen molar-refractivity contribution in [2.24, 2.45) is 0 Å². The third-order valence-electron chi connectivity index (χ3n) is 2.15. The number of hydrogen-bond acceptors (Lipinski definition) is 3. The van der Waals surface area contributed by atoms with E-state index in [2.05, 4.69) is 0 Å². The second-order valence-electron chi connectivity index (χ2n) is 3.07. The summed E-state index contributed by atoms with van der Waals surface area (Å²) in [5.41, 5.74) is 0.484. The lowest BCUT2D eigenvalue weighted by molar-refractivity contribution is 0.0692. The molecule has 0 radical (unpaired) electrons. The van der Waals surface area contributed by atoms with Gasteiger partial charge in [-0.05, 0) is 25.0 Å². The molecule has 0 aliphatic rings. The van der Waals surface area contributed by atoms with Gasteiger partial charge in [-0.1, -0.05) is 6.92 Å². The van der Waals surface area contributed by atoms with Gasteiger partial charge in [0.1, 0.15) is 17.1 Å². The number of aromatic carboxylic acids is 1. The van der Waals surface area contributed by atoms with Gasteiger partial charge in [0.15, 0.2) is 0 Å². The maximum atomic E-state index is 10.8. The van der Waals surface area contributed by atoms with Crippen LogP contribution >= 0.6 is 0 Å². The van der Waals surface area contributed by atoms with Crippen molar-refractivity contribution in [3.05, 3.63) is 22.8 Å². The number of phenols is 2. The van der Waals surface area contributed by atoms with Crippen molar-refractivity contribution >= 4 is 5.97 Å². The van der Waals surface area contributed by atoms with Crippen LogP contribution in [-0.2, 0) is 6.42 Å². The summed E-state index contributed by atoms with van der Waals surface area (Å²) in [7, 11) is 0. The number of benzene rings is 1. The summed E-state index contributed by atoms with van der Waals surface area (Å²) < 4.78 is 0. The molecule has 3 N–H and O–H groups in total. The van der Waals surface area contributed by atoms with Crippen LogP contribution in [-0.4, -0.2) is 21.3 Å². The highest BCUT2D eigenvalue weighted by Crippen LogP contribution is 2.33. The molecule has 0 saturated heterocycles. The van der Waals surface area contributed by atoms with Crippen molar-refractivity contribution in [1.82, 2.24) is 0 Å². The molecule has 0 aromatic heterocycles. The van der Waals surface area contributed by atoms with Gasteiger partial charge in [0, 0.05) is 5.56 Å². The average molecular weight is 196 g/mol. The minimum atomic E-state index is -1.19. The summed E-state index contributed by atoms with van der Waals surface area (Å²) in [5, 5.41) is 27.8. The van der Waals surface area contributed by atoms with E-state index in [4.69, 9.17) is 5.11 Å². The molecule has 1 aromatic carbocycles. The quantitative estimate of drug-likeness (QED) is 0.672. The molecule has 0 amide bonds. The molecule has 0 aliphatic carbocycles. The van der Waals surface area contributed by atoms with Gasteiger partial charge >= 0.3 is 5.97 Å². The minimum absolute atomic E-state index is 0.0625. The molecular weight excluding hydrogens is 184 g/mol. The predicted octanol–water partition coefficient (Wildman–Crippen LogP) is 1.67. The molecule has 14 heavy (non-hydrogen) atoms. The van der Waals surface area contributed by atoms with E-state index in [1.807, 2.05) is 0 Å². The summed E-state index contributed by atoms with van der Waals surface area (Å²) in [4.78, 5) is 10.8. The fourth-order valence-electron chi connectivity index (χ4n) is 1.44. The first-order chi connectivity index (χ1) is 6.49. The topological polar surface area (TPSA) is 77.8 Å². The predicted molar refractivity (Wildman–Crippen MR) is 50.8 cm³/mol. The van der Waals surface area contributed by atoms with E-state index < -0.39 is 5.97 Å². The highest BCUT2D eigenvalue weighted by molar-refractivity contribution is 5.93. The zero-order chi connectivity index (χ0) is 10.9. The van der Waals surface area contributed by atoms with Crippen LogP contribution in [0.25, 0.3) is 0 Å². The molecule has 0 atom stereocenters. The van der Waals surface area contributed by atoms with Crippen molar-refractivity contribution < 1.29 is 20.1 Å². The number of hydrogen-bond donors (Lipinski definition) is 3. The van der Waals surface area contributed by atoms with Crippen LogP contribution in [0.1, 0.15) is 28.4 Å². The summed E-state index contributed by atoms with van der Waals surface area (Å²) in [6, 6.07) is 1.35. The molecule has 0 spiro atoms. The molecule has 1 rings (SSSR count). The van der Waals surface area contributed by atoms with Gasteiger partial charge < -0.3 is 15.3 Å². The van der Waals surface area contributed by atoms with Crippen molar-refractivity contribution in [2.45, 2.75) is 20.3 Å².